The number of thioether (sulfide) groups is 1. The molecule has 0 aromatic heterocycles. The third-order valence-electron chi connectivity index (χ3n) is 7.39. The smallest absolute Gasteiger partial charge is 0.325 e. The van der Waals surface area contributed by atoms with Gasteiger partial charge in [0.25, 0.3) is 0 Å². The predicted octanol–water partition coefficient (Wildman–Crippen LogP) is -1.63. The first kappa shape index (κ1) is 34.3. The lowest BCUT2D eigenvalue weighted by Gasteiger charge is -2.30. The van der Waals surface area contributed by atoms with Crippen LogP contribution in [-0.4, -0.2) is 119 Å². The van der Waals surface area contributed by atoms with Crippen LogP contribution in [0.3, 0.4) is 0 Å². The SMILES string of the molecule is CSCCC(N)C(=O)NC(CCCCN)C(=O)N1CCCC1C(=O)NCC(=O)N1CCCC1C(=O)NC(C)C(=O)O. The van der Waals surface area contributed by atoms with E-state index in [1.165, 1.54) is 16.7 Å². The van der Waals surface area contributed by atoms with Gasteiger partial charge in [0, 0.05) is 13.1 Å². The monoisotopic (exact) mass is 599 g/mol. The molecule has 0 spiro atoms. The topological polar surface area (TPSA) is 217 Å². The van der Waals surface area contributed by atoms with Crippen LogP contribution >= 0.6 is 11.8 Å². The molecule has 14 nitrogen and oxygen atoms in total. The zero-order chi connectivity index (χ0) is 30.5. The van der Waals surface area contributed by atoms with Crippen LogP contribution in [0.5, 0.6) is 0 Å². The quantitative estimate of drug-likeness (QED) is 0.111. The van der Waals surface area contributed by atoms with Crippen LogP contribution in [0.4, 0.5) is 0 Å². The van der Waals surface area contributed by atoms with E-state index in [2.05, 4.69) is 16.0 Å². The molecule has 0 aromatic rings. The first-order valence-corrected chi connectivity index (χ1v) is 15.6. The number of nitrogens with two attached hydrogens (primary N) is 2. The average Bonchev–Trinajstić information content (AvgIpc) is 3.64. The highest BCUT2D eigenvalue weighted by molar-refractivity contribution is 7.98. The van der Waals surface area contributed by atoms with Gasteiger partial charge in [-0.1, -0.05) is 0 Å². The number of hydrogen-bond donors (Lipinski definition) is 6. The summed E-state index contributed by atoms with van der Waals surface area (Å²) in [6.07, 6.45) is 5.99. The Morgan fingerprint density at radius 3 is 2.20 bits per heavy atom. The summed E-state index contributed by atoms with van der Waals surface area (Å²) < 4.78 is 0. The number of carboxylic acid groups (broad SMARTS) is 1. The molecule has 5 atom stereocenters. The molecule has 41 heavy (non-hydrogen) atoms. The van der Waals surface area contributed by atoms with E-state index >= 15 is 0 Å². The number of hydrogen-bond acceptors (Lipinski definition) is 9. The molecular formula is C26H45N7O7S. The molecular weight excluding hydrogens is 554 g/mol. The first-order valence-electron chi connectivity index (χ1n) is 14.2. The van der Waals surface area contributed by atoms with E-state index in [9.17, 15) is 28.8 Å². The van der Waals surface area contributed by atoms with Crippen LogP contribution in [0.1, 0.15) is 58.3 Å². The highest BCUT2D eigenvalue weighted by Crippen LogP contribution is 2.21. The number of nitrogens with zero attached hydrogens (tertiary/aromatic N) is 2. The van der Waals surface area contributed by atoms with E-state index < -0.39 is 59.8 Å². The van der Waals surface area contributed by atoms with Crippen LogP contribution in [0, 0.1) is 0 Å². The van der Waals surface area contributed by atoms with E-state index in [-0.39, 0.29) is 12.5 Å². The summed E-state index contributed by atoms with van der Waals surface area (Å²) in [4.78, 5) is 78.6. The van der Waals surface area contributed by atoms with Crippen molar-refractivity contribution in [2.75, 3.05) is 38.2 Å². The maximum Gasteiger partial charge on any atom is 0.325 e. The number of likely N-dealkylation sites (tertiary alicyclic amines) is 2. The maximum atomic E-state index is 13.5. The fourth-order valence-corrected chi connectivity index (χ4v) is 5.49. The molecule has 0 radical (unpaired) electrons. The summed E-state index contributed by atoms with van der Waals surface area (Å²) in [6.45, 7) is 2.07. The lowest BCUT2D eigenvalue weighted by Crippen LogP contribution is -2.56. The minimum Gasteiger partial charge on any atom is -0.480 e. The molecule has 8 N–H and O–H groups in total. The molecule has 2 aliphatic rings. The molecule has 2 heterocycles. The van der Waals surface area contributed by atoms with Crippen molar-refractivity contribution < 1.29 is 33.9 Å². The summed E-state index contributed by atoms with van der Waals surface area (Å²) in [7, 11) is 0. The van der Waals surface area contributed by atoms with Crippen LogP contribution in [0.2, 0.25) is 0 Å². The number of rotatable bonds is 16. The molecule has 2 rings (SSSR count). The molecule has 232 valence electrons. The van der Waals surface area contributed by atoms with Gasteiger partial charge in [-0.25, -0.2) is 0 Å². The fraction of sp³-hybridized carbons (Fsp3) is 0.769. The van der Waals surface area contributed by atoms with Gasteiger partial charge in [-0.15, -0.1) is 0 Å². The molecule has 15 heteroatoms. The third-order valence-corrected chi connectivity index (χ3v) is 8.03. The Labute approximate surface area is 245 Å². The van der Waals surface area contributed by atoms with Crippen molar-refractivity contribution in [3.05, 3.63) is 0 Å². The van der Waals surface area contributed by atoms with Crippen LogP contribution in [-0.2, 0) is 28.8 Å². The van der Waals surface area contributed by atoms with Gasteiger partial charge in [0.15, 0.2) is 0 Å². The minimum atomic E-state index is -1.18. The minimum absolute atomic E-state index is 0.311. The number of unbranched alkanes of at least 4 members (excludes halogenated alkanes) is 1. The van der Waals surface area contributed by atoms with Gasteiger partial charge in [-0.05, 0) is 76.8 Å². The van der Waals surface area contributed by atoms with Gasteiger partial charge in [0.1, 0.15) is 24.2 Å². The lowest BCUT2D eigenvalue weighted by atomic mass is 10.1. The van der Waals surface area contributed by atoms with E-state index in [0.29, 0.717) is 76.8 Å². The second kappa shape index (κ2) is 17.1. The maximum absolute atomic E-state index is 13.5. The molecule has 2 fully saturated rings. The number of nitrogens with one attached hydrogen (secondary N) is 3. The Balaban J connectivity index is 2.00. The summed E-state index contributed by atoms with van der Waals surface area (Å²) in [5.74, 6) is -2.79. The molecule has 2 saturated heterocycles. The van der Waals surface area contributed by atoms with Crippen molar-refractivity contribution in [2.24, 2.45) is 11.5 Å². The Hall–Kier alpha value is -2.91. The number of carboxylic acids is 1. The van der Waals surface area contributed by atoms with Crippen molar-refractivity contribution >= 4 is 47.3 Å². The van der Waals surface area contributed by atoms with E-state index in [4.69, 9.17) is 16.6 Å². The fourth-order valence-electron chi connectivity index (χ4n) is 5.00. The highest BCUT2D eigenvalue weighted by Gasteiger charge is 2.39. The number of aliphatic carboxylic acids is 1. The van der Waals surface area contributed by atoms with Gasteiger partial charge in [-0.2, -0.15) is 11.8 Å². The van der Waals surface area contributed by atoms with Crippen molar-refractivity contribution in [1.29, 1.82) is 0 Å². The van der Waals surface area contributed by atoms with Gasteiger partial charge < -0.3 is 42.3 Å². The van der Waals surface area contributed by atoms with Crippen LogP contribution in [0.15, 0.2) is 0 Å². The van der Waals surface area contributed by atoms with Crippen molar-refractivity contribution in [3.63, 3.8) is 0 Å². The number of amides is 5. The van der Waals surface area contributed by atoms with E-state index in [1.54, 1.807) is 11.8 Å². The van der Waals surface area contributed by atoms with Crippen molar-refractivity contribution in [2.45, 2.75) is 88.5 Å². The predicted molar refractivity (Wildman–Crippen MR) is 154 cm³/mol. The van der Waals surface area contributed by atoms with Crippen molar-refractivity contribution in [1.82, 2.24) is 25.8 Å². The zero-order valence-electron chi connectivity index (χ0n) is 23.9. The van der Waals surface area contributed by atoms with Gasteiger partial charge in [0.2, 0.25) is 29.5 Å². The molecule has 0 saturated carbocycles. The molecule has 5 amide bonds. The summed E-state index contributed by atoms with van der Waals surface area (Å²) >= 11 is 1.57. The second-order valence-electron chi connectivity index (χ2n) is 10.5. The second-order valence-corrected chi connectivity index (χ2v) is 11.4. The molecule has 0 bridgehead atoms. The third kappa shape index (κ3) is 10.1. The van der Waals surface area contributed by atoms with Crippen LogP contribution in [0.25, 0.3) is 0 Å². The first-order chi connectivity index (χ1) is 19.5. The Kier molecular flexibility index (Phi) is 14.3. The Morgan fingerprint density at radius 2 is 1.59 bits per heavy atom. The Bertz CT molecular complexity index is 953. The van der Waals surface area contributed by atoms with E-state index in [1.807, 2.05) is 6.26 Å². The highest BCUT2D eigenvalue weighted by atomic mass is 32.2. The summed E-state index contributed by atoms with van der Waals surface area (Å²) in [5, 5.41) is 16.8. The largest absolute Gasteiger partial charge is 0.480 e. The number of carbonyl (C=O) groups excluding carboxylic acids is 5. The number of carbonyl (C=O) groups is 6. The summed E-state index contributed by atoms with van der Waals surface area (Å²) in [5.41, 5.74) is 11.6. The van der Waals surface area contributed by atoms with E-state index in [0.717, 1.165) is 0 Å². The normalized spacial score (nSPS) is 20.7. The standard InChI is InChI=1S/C26H45N7O7S/c1-16(26(39)40)30-24(37)20-9-5-12-32(20)21(34)15-29-23(36)19-8-6-13-33(19)25(38)18(7-3-4-11-27)31-22(35)17(28)10-14-41-2/h16-20H,3-15,27-28H2,1-2H3,(H,29,36)(H,30,37)(H,31,35)(H,39,40). The molecule has 0 aliphatic carbocycles. The Morgan fingerprint density at radius 1 is 0.951 bits per heavy atom. The van der Waals surface area contributed by atoms with Gasteiger partial charge in [0.05, 0.1) is 12.6 Å². The molecule has 0 aromatic carbocycles. The lowest BCUT2D eigenvalue weighted by molar-refractivity contribution is -0.144. The average molecular weight is 600 g/mol. The van der Waals surface area contributed by atoms with Gasteiger partial charge >= 0.3 is 5.97 Å². The summed E-state index contributed by atoms with van der Waals surface area (Å²) in [6, 6.07) is -4.31. The van der Waals surface area contributed by atoms with Gasteiger partial charge in [-0.3, -0.25) is 28.8 Å². The zero-order valence-corrected chi connectivity index (χ0v) is 24.7. The molecule has 5 unspecified atom stereocenters. The van der Waals surface area contributed by atoms with Crippen molar-refractivity contribution in [3.8, 4) is 0 Å². The van der Waals surface area contributed by atoms with Crippen LogP contribution < -0.4 is 27.4 Å². The molecule has 2 aliphatic heterocycles.